The van der Waals surface area contributed by atoms with Crippen LogP contribution >= 0.6 is 11.7 Å². The Bertz CT molecular complexity index is 551. The molecule has 2 aromatic rings. The summed E-state index contributed by atoms with van der Waals surface area (Å²) in [5.74, 6) is -0.234. The summed E-state index contributed by atoms with van der Waals surface area (Å²) >= 11 is 1.02. The summed E-state index contributed by atoms with van der Waals surface area (Å²) in [5.41, 5.74) is 2.25. The van der Waals surface area contributed by atoms with Gasteiger partial charge in [0, 0.05) is 24.0 Å². The van der Waals surface area contributed by atoms with Crippen molar-refractivity contribution >= 4 is 29.0 Å². The molecule has 1 amide bonds. The Morgan fingerprint density at radius 3 is 2.55 bits per heavy atom. The summed E-state index contributed by atoms with van der Waals surface area (Å²) in [5, 5.41) is 2.80. The lowest BCUT2D eigenvalue weighted by atomic mass is 10.2. The van der Waals surface area contributed by atoms with Gasteiger partial charge >= 0.3 is 0 Å². The van der Waals surface area contributed by atoms with Gasteiger partial charge < -0.3 is 10.2 Å². The highest BCUT2D eigenvalue weighted by Gasteiger charge is 2.10. The topological polar surface area (TPSA) is 58.1 Å². The SMILES string of the molecule is CCN(c1ccc(NC(=O)c2cnsn2)cc1)C(C)C. The van der Waals surface area contributed by atoms with Crippen LogP contribution in [0, 0.1) is 0 Å². The van der Waals surface area contributed by atoms with Crippen molar-refractivity contribution in [2.24, 2.45) is 0 Å². The largest absolute Gasteiger partial charge is 0.369 e. The van der Waals surface area contributed by atoms with Gasteiger partial charge in [-0.25, -0.2) is 0 Å². The molecule has 20 heavy (non-hydrogen) atoms. The molecule has 0 saturated heterocycles. The lowest BCUT2D eigenvalue weighted by Crippen LogP contribution is -2.30. The zero-order valence-corrected chi connectivity index (χ0v) is 12.6. The number of nitrogens with zero attached hydrogens (tertiary/aromatic N) is 3. The predicted molar refractivity (Wildman–Crippen MR) is 82.5 cm³/mol. The van der Waals surface area contributed by atoms with Crippen LogP contribution in [0.5, 0.6) is 0 Å². The second-order valence-electron chi connectivity index (χ2n) is 4.67. The summed E-state index contributed by atoms with van der Waals surface area (Å²) in [7, 11) is 0. The average Bonchev–Trinajstić information content (AvgIpc) is 2.95. The smallest absolute Gasteiger partial charge is 0.277 e. The fourth-order valence-electron chi connectivity index (χ4n) is 2.04. The standard InChI is InChI=1S/C14H18N4OS/c1-4-18(10(2)3)12-7-5-11(6-8-12)16-14(19)13-9-15-20-17-13/h5-10H,4H2,1-3H3,(H,16,19). The number of amides is 1. The third-order valence-electron chi connectivity index (χ3n) is 3.01. The zero-order valence-electron chi connectivity index (χ0n) is 11.8. The van der Waals surface area contributed by atoms with Crippen LogP contribution in [0.3, 0.4) is 0 Å². The number of carbonyl (C=O) groups is 1. The fourth-order valence-corrected chi connectivity index (χ4v) is 2.45. The second kappa shape index (κ2) is 6.47. The van der Waals surface area contributed by atoms with E-state index in [-0.39, 0.29) is 5.91 Å². The molecule has 0 unspecified atom stereocenters. The number of rotatable bonds is 5. The minimum Gasteiger partial charge on any atom is -0.369 e. The maximum Gasteiger partial charge on any atom is 0.277 e. The Hall–Kier alpha value is -1.95. The summed E-state index contributed by atoms with van der Waals surface area (Å²) in [4.78, 5) is 14.1. The van der Waals surface area contributed by atoms with Gasteiger partial charge in [-0.1, -0.05) is 0 Å². The monoisotopic (exact) mass is 290 g/mol. The molecule has 1 heterocycles. The molecule has 0 atom stereocenters. The normalized spacial score (nSPS) is 10.6. The third kappa shape index (κ3) is 3.33. The molecule has 0 spiro atoms. The molecule has 106 valence electrons. The minimum absolute atomic E-state index is 0.234. The average molecular weight is 290 g/mol. The lowest BCUT2D eigenvalue weighted by molar-refractivity contribution is 0.102. The Morgan fingerprint density at radius 1 is 1.35 bits per heavy atom. The molecule has 0 aliphatic rings. The van der Waals surface area contributed by atoms with E-state index in [4.69, 9.17) is 0 Å². The van der Waals surface area contributed by atoms with Gasteiger partial charge in [0.2, 0.25) is 0 Å². The highest BCUT2D eigenvalue weighted by molar-refractivity contribution is 6.99. The van der Waals surface area contributed by atoms with Crippen molar-refractivity contribution in [3.8, 4) is 0 Å². The molecule has 2 rings (SSSR count). The van der Waals surface area contributed by atoms with Crippen molar-refractivity contribution in [2.45, 2.75) is 26.8 Å². The van der Waals surface area contributed by atoms with Crippen molar-refractivity contribution in [1.82, 2.24) is 8.75 Å². The molecule has 0 saturated carbocycles. The molecule has 0 radical (unpaired) electrons. The van der Waals surface area contributed by atoms with E-state index in [0.29, 0.717) is 11.7 Å². The Morgan fingerprint density at radius 2 is 2.05 bits per heavy atom. The predicted octanol–water partition coefficient (Wildman–Crippen LogP) is 3.03. The first-order chi connectivity index (χ1) is 9.61. The number of benzene rings is 1. The van der Waals surface area contributed by atoms with E-state index in [2.05, 4.69) is 39.7 Å². The van der Waals surface area contributed by atoms with E-state index in [0.717, 1.165) is 29.6 Å². The van der Waals surface area contributed by atoms with Gasteiger partial charge in [-0.3, -0.25) is 4.79 Å². The molecular weight excluding hydrogens is 272 g/mol. The molecule has 1 N–H and O–H groups in total. The summed E-state index contributed by atoms with van der Waals surface area (Å²) in [6.45, 7) is 7.40. The van der Waals surface area contributed by atoms with Crippen LogP contribution in [-0.4, -0.2) is 27.2 Å². The molecular formula is C14H18N4OS. The van der Waals surface area contributed by atoms with Crippen LogP contribution in [0.2, 0.25) is 0 Å². The fraction of sp³-hybridized carbons (Fsp3) is 0.357. The maximum absolute atomic E-state index is 11.8. The van der Waals surface area contributed by atoms with Crippen molar-refractivity contribution in [1.29, 1.82) is 0 Å². The number of hydrogen-bond acceptors (Lipinski definition) is 5. The summed E-state index contributed by atoms with van der Waals surface area (Å²) in [6.07, 6.45) is 1.46. The minimum atomic E-state index is -0.234. The number of aromatic nitrogens is 2. The Balaban J connectivity index is 2.07. The number of nitrogens with one attached hydrogen (secondary N) is 1. The first-order valence-corrected chi connectivity index (χ1v) is 7.30. The number of hydrogen-bond donors (Lipinski definition) is 1. The number of carbonyl (C=O) groups excluding carboxylic acids is 1. The van der Waals surface area contributed by atoms with Crippen molar-refractivity contribution in [2.75, 3.05) is 16.8 Å². The van der Waals surface area contributed by atoms with Crippen LogP contribution < -0.4 is 10.2 Å². The van der Waals surface area contributed by atoms with E-state index < -0.39 is 0 Å². The van der Waals surface area contributed by atoms with Gasteiger partial charge in [0.1, 0.15) is 0 Å². The highest BCUT2D eigenvalue weighted by atomic mass is 32.1. The Labute approximate surface area is 123 Å². The van der Waals surface area contributed by atoms with E-state index in [1.165, 1.54) is 6.20 Å². The molecule has 0 aliphatic carbocycles. The van der Waals surface area contributed by atoms with Gasteiger partial charge in [0.05, 0.1) is 17.9 Å². The molecule has 0 fully saturated rings. The van der Waals surface area contributed by atoms with Crippen LogP contribution in [0.1, 0.15) is 31.3 Å². The third-order valence-corrected chi connectivity index (χ3v) is 3.49. The first-order valence-electron chi connectivity index (χ1n) is 6.57. The van der Waals surface area contributed by atoms with Crippen molar-refractivity contribution in [3.05, 3.63) is 36.2 Å². The van der Waals surface area contributed by atoms with Crippen LogP contribution in [0.15, 0.2) is 30.5 Å². The van der Waals surface area contributed by atoms with Crippen LogP contribution in [0.4, 0.5) is 11.4 Å². The summed E-state index contributed by atoms with van der Waals surface area (Å²) in [6, 6.07) is 8.27. The molecule has 0 bridgehead atoms. The first kappa shape index (κ1) is 14.5. The van der Waals surface area contributed by atoms with Crippen molar-refractivity contribution in [3.63, 3.8) is 0 Å². The lowest BCUT2D eigenvalue weighted by Gasteiger charge is -2.27. The zero-order chi connectivity index (χ0) is 14.5. The second-order valence-corrected chi connectivity index (χ2v) is 5.23. The van der Waals surface area contributed by atoms with E-state index in [9.17, 15) is 4.79 Å². The molecule has 5 nitrogen and oxygen atoms in total. The van der Waals surface area contributed by atoms with E-state index in [1.807, 2.05) is 24.3 Å². The maximum atomic E-state index is 11.8. The Kier molecular flexibility index (Phi) is 4.68. The molecule has 0 aliphatic heterocycles. The van der Waals surface area contributed by atoms with Gasteiger partial charge in [-0.05, 0) is 45.0 Å². The molecule has 1 aromatic heterocycles. The van der Waals surface area contributed by atoms with Crippen molar-refractivity contribution < 1.29 is 4.79 Å². The van der Waals surface area contributed by atoms with Crippen LogP contribution in [0.25, 0.3) is 0 Å². The number of anilines is 2. The van der Waals surface area contributed by atoms with Gasteiger partial charge in [-0.2, -0.15) is 8.75 Å². The molecule has 1 aromatic carbocycles. The van der Waals surface area contributed by atoms with Crippen LogP contribution in [-0.2, 0) is 0 Å². The highest BCUT2D eigenvalue weighted by Crippen LogP contribution is 2.20. The summed E-state index contributed by atoms with van der Waals surface area (Å²) < 4.78 is 7.72. The van der Waals surface area contributed by atoms with Gasteiger partial charge in [-0.15, -0.1) is 0 Å². The van der Waals surface area contributed by atoms with Gasteiger partial charge in [0.15, 0.2) is 5.69 Å². The van der Waals surface area contributed by atoms with Gasteiger partial charge in [0.25, 0.3) is 5.91 Å². The quantitative estimate of drug-likeness (QED) is 0.919. The van der Waals surface area contributed by atoms with E-state index >= 15 is 0 Å². The molecule has 6 heteroatoms. The van der Waals surface area contributed by atoms with E-state index in [1.54, 1.807) is 0 Å².